The van der Waals surface area contributed by atoms with E-state index in [-0.39, 0.29) is 22.8 Å². The number of methoxy groups -OCH3 is 1. The molecule has 0 radical (unpaired) electrons. The summed E-state index contributed by atoms with van der Waals surface area (Å²) in [5.74, 6) is -1.55. The molecule has 0 unspecified atom stereocenters. The van der Waals surface area contributed by atoms with Crippen LogP contribution < -0.4 is 9.47 Å². The number of Topliss-reactive ketones (excluding diaryl/α,β-unsaturated/α-hetero) is 1. The molecule has 9 heteroatoms. The van der Waals surface area contributed by atoms with E-state index in [1.54, 1.807) is 20.8 Å². The molecule has 0 saturated carbocycles. The highest BCUT2D eigenvalue weighted by molar-refractivity contribution is 5.99. The van der Waals surface area contributed by atoms with Crippen LogP contribution in [0.25, 0.3) is 0 Å². The number of aryl methyl sites for hydroxylation is 1. The van der Waals surface area contributed by atoms with Crippen LogP contribution in [0.4, 0.5) is 8.78 Å². The van der Waals surface area contributed by atoms with Gasteiger partial charge in [-0.25, -0.2) is 4.79 Å². The summed E-state index contributed by atoms with van der Waals surface area (Å²) < 4.78 is 39.0. The standard InChI is InChI=1S/C19H21F2NO6/c1-9-16(11(3)23)10(2)22-17(9)18(25)27-8-13(24)12-5-6-14(28-19(20)21)15(7-12)26-4/h5-7,11,19,22-23H,8H2,1-4H3/t11-/m0/s1. The first-order valence-corrected chi connectivity index (χ1v) is 8.36. The van der Waals surface area contributed by atoms with Gasteiger partial charge in [0.2, 0.25) is 0 Å². The van der Waals surface area contributed by atoms with Crippen molar-refractivity contribution < 1.29 is 37.7 Å². The van der Waals surface area contributed by atoms with Crippen LogP contribution in [0.2, 0.25) is 0 Å². The highest BCUT2D eigenvalue weighted by atomic mass is 19.3. The van der Waals surface area contributed by atoms with Gasteiger partial charge < -0.3 is 24.3 Å². The number of carbonyl (C=O) groups is 2. The van der Waals surface area contributed by atoms with Crippen LogP contribution in [-0.4, -0.2) is 42.2 Å². The molecule has 7 nitrogen and oxygen atoms in total. The van der Waals surface area contributed by atoms with Crippen LogP contribution in [0, 0.1) is 13.8 Å². The zero-order valence-corrected chi connectivity index (χ0v) is 15.8. The third-order valence-electron chi connectivity index (χ3n) is 4.15. The molecule has 0 aliphatic rings. The molecule has 0 fully saturated rings. The lowest BCUT2D eigenvalue weighted by atomic mass is 10.1. The second-order valence-electron chi connectivity index (χ2n) is 6.08. The lowest BCUT2D eigenvalue weighted by Gasteiger charge is -2.11. The second-order valence-corrected chi connectivity index (χ2v) is 6.08. The number of hydrogen-bond acceptors (Lipinski definition) is 6. The Hall–Kier alpha value is -2.94. The van der Waals surface area contributed by atoms with Gasteiger partial charge in [0.1, 0.15) is 5.69 Å². The lowest BCUT2D eigenvalue weighted by Crippen LogP contribution is -2.15. The number of ether oxygens (including phenoxy) is 3. The number of carbonyl (C=O) groups excluding carboxylic acids is 2. The van der Waals surface area contributed by atoms with Gasteiger partial charge in [-0.1, -0.05) is 0 Å². The van der Waals surface area contributed by atoms with Gasteiger partial charge in [-0.3, -0.25) is 4.79 Å². The molecule has 0 saturated heterocycles. The number of halogens is 2. The third-order valence-corrected chi connectivity index (χ3v) is 4.15. The van der Waals surface area contributed by atoms with Crippen LogP contribution in [0.1, 0.15) is 50.7 Å². The number of aromatic nitrogens is 1. The molecule has 2 aromatic rings. The van der Waals surface area contributed by atoms with Gasteiger partial charge in [0.25, 0.3) is 0 Å². The highest BCUT2D eigenvalue weighted by Gasteiger charge is 2.22. The Bertz CT molecular complexity index is 876. The Morgan fingerprint density at radius 1 is 1.21 bits per heavy atom. The molecular formula is C19H21F2NO6. The van der Waals surface area contributed by atoms with Gasteiger partial charge in [0, 0.05) is 16.8 Å². The number of rotatable bonds is 8. The van der Waals surface area contributed by atoms with E-state index >= 15 is 0 Å². The predicted molar refractivity (Wildman–Crippen MR) is 95.1 cm³/mol. The maximum atomic E-state index is 12.4. The van der Waals surface area contributed by atoms with E-state index in [2.05, 4.69) is 9.72 Å². The Balaban J connectivity index is 2.10. The summed E-state index contributed by atoms with van der Waals surface area (Å²) >= 11 is 0. The van der Waals surface area contributed by atoms with Crippen LogP contribution >= 0.6 is 0 Å². The van der Waals surface area contributed by atoms with E-state index in [1.165, 1.54) is 25.3 Å². The zero-order chi connectivity index (χ0) is 21.0. The summed E-state index contributed by atoms with van der Waals surface area (Å²) in [6.45, 7) is 1.37. The largest absolute Gasteiger partial charge is 0.493 e. The third kappa shape index (κ3) is 4.66. The Labute approximate surface area is 160 Å². The van der Waals surface area contributed by atoms with E-state index in [4.69, 9.17) is 9.47 Å². The average Bonchev–Trinajstić information content (AvgIpc) is 2.93. The first-order valence-electron chi connectivity index (χ1n) is 8.36. The molecular weight excluding hydrogens is 376 g/mol. The van der Waals surface area contributed by atoms with E-state index < -0.39 is 31.1 Å². The fourth-order valence-electron chi connectivity index (χ4n) is 2.92. The Kier molecular flexibility index (Phi) is 6.74. The fraction of sp³-hybridized carbons (Fsp3) is 0.368. The topological polar surface area (TPSA) is 97.9 Å². The molecule has 1 aromatic heterocycles. The summed E-state index contributed by atoms with van der Waals surface area (Å²) in [5.41, 5.74) is 2.03. The molecule has 152 valence electrons. The number of esters is 1. The molecule has 2 N–H and O–H groups in total. The molecule has 0 amide bonds. The molecule has 2 rings (SSSR count). The average molecular weight is 397 g/mol. The molecule has 0 aliphatic heterocycles. The number of aliphatic hydroxyl groups excluding tert-OH is 1. The summed E-state index contributed by atoms with van der Waals surface area (Å²) in [6, 6.07) is 3.67. The smallest absolute Gasteiger partial charge is 0.387 e. The predicted octanol–water partition coefficient (Wildman–Crippen LogP) is 3.33. The van der Waals surface area contributed by atoms with Gasteiger partial charge >= 0.3 is 12.6 Å². The van der Waals surface area contributed by atoms with Gasteiger partial charge in [-0.2, -0.15) is 8.78 Å². The SMILES string of the molecule is COc1cc(C(=O)COC(=O)c2[nH]c(C)c([C@H](C)O)c2C)ccc1OC(F)F. The van der Waals surface area contributed by atoms with Crippen molar-refractivity contribution in [2.24, 2.45) is 0 Å². The van der Waals surface area contributed by atoms with Crippen molar-refractivity contribution in [3.63, 3.8) is 0 Å². The first kappa shape index (κ1) is 21.4. The number of benzene rings is 1. The number of alkyl halides is 2. The van der Waals surface area contributed by atoms with Crippen molar-refractivity contribution >= 4 is 11.8 Å². The number of H-pyrrole nitrogens is 1. The van der Waals surface area contributed by atoms with Crippen molar-refractivity contribution in [1.82, 2.24) is 4.98 Å². The summed E-state index contributed by atoms with van der Waals surface area (Å²) in [7, 11) is 1.25. The molecule has 1 heterocycles. The van der Waals surface area contributed by atoms with Gasteiger partial charge in [0.15, 0.2) is 23.9 Å². The van der Waals surface area contributed by atoms with E-state index in [0.717, 1.165) is 0 Å². The maximum Gasteiger partial charge on any atom is 0.387 e. The van der Waals surface area contributed by atoms with Gasteiger partial charge in [-0.15, -0.1) is 0 Å². The lowest BCUT2D eigenvalue weighted by molar-refractivity contribution is -0.0512. The minimum absolute atomic E-state index is 0.0464. The van der Waals surface area contributed by atoms with E-state index in [1.807, 2.05) is 0 Å². The summed E-state index contributed by atoms with van der Waals surface area (Å²) in [5, 5.41) is 9.78. The van der Waals surface area contributed by atoms with E-state index in [9.17, 15) is 23.5 Å². The summed E-state index contributed by atoms with van der Waals surface area (Å²) in [6.07, 6.45) is -0.763. The Morgan fingerprint density at radius 3 is 2.43 bits per heavy atom. The van der Waals surface area contributed by atoms with Crippen LogP contribution in [-0.2, 0) is 4.74 Å². The number of aromatic amines is 1. The Morgan fingerprint density at radius 2 is 1.89 bits per heavy atom. The van der Waals surface area contributed by atoms with E-state index in [0.29, 0.717) is 16.8 Å². The second kappa shape index (κ2) is 8.83. The minimum atomic E-state index is -3.03. The molecule has 0 aliphatic carbocycles. The number of ketones is 1. The highest BCUT2D eigenvalue weighted by Crippen LogP contribution is 2.30. The first-order chi connectivity index (χ1) is 13.1. The van der Waals surface area contributed by atoms with Crippen molar-refractivity contribution in [2.45, 2.75) is 33.5 Å². The zero-order valence-electron chi connectivity index (χ0n) is 15.8. The van der Waals surface area contributed by atoms with Gasteiger partial charge in [0.05, 0.1) is 13.2 Å². The molecule has 0 bridgehead atoms. The number of hydrogen-bond donors (Lipinski definition) is 2. The van der Waals surface area contributed by atoms with Gasteiger partial charge in [-0.05, 0) is 44.5 Å². The van der Waals surface area contributed by atoms with Crippen LogP contribution in [0.3, 0.4) is 0 Å². The van der Waals surface area contributed by atoms with Crippen molar-refractivity contribution in [1.29, 1.82) is 0 Å². The molecule has 1 atom stereocenters. The van der Waals surface area contributed by atoms with Crippen molar-refractivity contribution in [2.75, 3.05) is 13.7 Å². The van der Waals surface area contributed by atoms with Crippen molar-refractivity contribution in [3.8, 4) is 11.5 Å². The number of nitrogens with one attached hydrogen (secondary N) is 1. The molecule has 28 heavy (non-hydrogen) atoms. The summed E-state index contributed by atoms with van der Waals surface area (Å²) in [4.78, 5) is 27.4. The molecule has 1 aromatic carbocycles. The van der Waals surface area contributed by atoms with Crippen LogP contribution in [0.15, 0.2) is 18.2 Å². The quantitative estimate of drug-likeness (QED) is 0.524. The fourth-order valence-corrected chi connectivity index (χ4v) is 2.92. The normalized spacial score (nSPS) is 12.0. The number of aliphatic hydroxyl groups is 1. The van der Waals surface area contributed by atoms with Crippen LogP contribution in [0.5, 0.6) is 11.5 Å². The maximum absolute atomic E-state index is 12.4. The monoisotopic (exact) mass is 397 g/mol. The van der Waals surface area contributed by atoms with Crippen molar-refractivity contribution in [3.05, 3.63) is 46.3 Å². The minimum Gasteiger partial charge on any atom is -0.493 e. The molecule has 0 spiro atoms.